The Morgan fingerprint density at radius 1 is 0.821 bits per heavy atom. The number of carbonyl (C=O) groups excluding carboxylic acids is 2. The fraction of sp³-hybridized carbons (Fsp3) is 0.136. The molecule has 1 heterocycles. The summed E-state index contributed by atoms with van der Waals surface area (Å²) in [6.07, 6.45) is 2.86. The van der Waals surface area contributed by atoms with Crippen molar-refractivity contribution in [3.63, 3.8) is 0 Å². The van der Waals surface area contributed by atoms with Crippen LogP contribution in [0.4, 0.5) is 11.4 Å². The maximum atomic E-state index is 12.7. The molecule has 0 saturated carbocycles. The predicted octanol–water partition coefficient (Wildman–Crippen LogP) is 5.16. The van der Waals surface area contributed by atoms with Gasteiger partial charge in [-0.3, -0.25) is 14.6 Å². The van der Waals surface area contributed by atoms with Gasteiger partial charge < -0.3 is 10.6 Å². The molecule has 3 aromatic rings. The standard InChI is InChI=1S/C22H20ClN3O2/c1-13-8-14(2)20(15(3)9-13)26-22(28)17-10-16(11-24-12-17)21(27)25-19-6-4-18(23)5-7-19/h4-12H,1-3H3,(H,25,27)(H,26,28). The van der Waals surface area contributed by atoms with Gasteiger partial charge in [0.2, 0.25) is 0 Å². The van der Waals surface area contributed by atoms with Crippen LogP contribution in [0.3, 0.4) is 0 Å². The quantitative estimate of drug-likeness (QED) is 0.642. The monoisotopic (exact) mass is 393 g/mol. The first-order chi connectivity index (χ1) is 13.3. The molecule has 5 nitrogen and oxygen atoms in total. The number of pyridine rings is 1. The number of nitrogens with zero attached hydrogens (tertiary/aromatic N) is 1. The molecule has 0 saturated heterocycles. The number of amides is 2. The van der Waals surface area contributed by atoms with Crippen molar-refractivity contribution < 1.29 is 9.59 Å². The van der Waals surface area contributed by atoms with Crippen molar-refractivity contribution in [3.8, 4) is 0 Å². The van der Waals surface area contributed by atoms with Crippen LogP contribution >= 0.6 is 11.6 Å². The van der Waals surface area contributed by atoms with E-state index in [1.807, 2.05) is 32.9 Å². The molecular formula is C22H20ClN3O2. The smallest absolute Gasteiger partial charge is 0.257 e. The molecule has 0 unspecified atom stereocenters. The number of hydrogen-bond acceptors (Lipinski definition) is 3. The first kappa shape index (κ1) is 19.6. The Bertz CT molecular complexity index is 1020. The van der Waals surface area contributed by atoms with E-state index in [0.29, 0.717) is 21.8 Å². The number of rotatable bonds is 4. The van der Waals surface area contributed by atoms with Gasteiger partial charge in [0.25, 0.3) is 11.8 Å². The number of anilines is 2. The summed E-state index contributed by atoms with van der Waals surface area (Å²) in [6, 6.07) is 12.3. The van der Waals surface area contributed by atoms with Gasteiger partial charge in [-0.25, -0.2) is 0 Å². The number of halogens is 1. The largest absolute Gasteiger partial charge is 0.322 e. The van der Waals surface area contributed by atoms with Crippen LogP contribution in [-0.2, 0) is 0 Å². The molecule has 2 N–H and O–H groups in total. The topological polar surface area (TPSA) is 71.1 Å². The normalized spacial score (nSPS) is 10.4. The number of aromatic nitrogens is 1. The summed E-state index contributed by atoms with van der Waals surface area (Å²) in [4.78, 5) is 29.2. The van der Waals surface area contributed by atoms with E-state index in [4.69, 9.17) is 11.6 Å². The lowest BCUT2D eigenvalue weighted by molar-refractivity contribution is 0.102. The molecule has 0 aliphatic heterocycles. The number of hydrogen-bond donors (Lipinski definition) is 2. The molecule has 3 rings (SSSR count). The van der Waals surface area contributed by atoms with Crippen molar-refractivity contribution >= 4 is 34.8 Å². The average molecular weight is 394 g/mol. The van der Waals surface area contributed by atoms with Crippen molar-refractivity contribution in [2.24, 2.45) is 0 Å². The van der Waals surface area contributed by atoms with E-state index in [-0.39, 0.29) is 11.8 Å². The summed E-state index contributed by atoms with van der Waals surface area (Å²) in [7, 11) is 0. The summed E-state index contributed by atoms with van der Waals surface area (Å²) in [5, 5.41) is 6.26. The number of aryl methyl sites for hydroxylation is 3. The Hall–Kier alpha value is -3.18. The van der Waals surface area contributed by atoms with E-state index < -0.39 is 0 Å². The van der Waals surface area contributed by atoms with Crippen molar-refractivity contribution in [2.45, 2.75) is 20.8 Å². The van der Waals surface area contributed by atoms with Crippen LogP contribution in [-0.4, -0.2) is 16.8 Å². The maximum Gasteiger partial charge on any atom is 0.257 e. The van der Waals surface area contributed by atoms with Gasteiger partial charge in [0.05, 0.1) is 11.1 Å². The molecule has 0 radical (unpaired) electrons. The lowest BCUT2D eigenvalue weighted by atomic mass is 10.0. The van der Waals surface area contributed by atoms with Gasteiger partial charge in [0.1, 0.15) is 0 Å². The molecule has 0 bridgehead atoms. The van der Waals surface area contributed by atoms with Gasteiger partial charge in [0.15, 0.2) is 0 Å². The summed E-state index contributed by atoms with van der Waals surface area (Å²) >= 11 is 5.85. The molecule has 1 aromatic heterocycles. The van der Waals surface area contributed by atoms with Crippen LogP contribution in [0.2, 0.25) is 5.02 Å². The van der Waals surface area contributed by atoms with Gasteiger partial charge in [-0.15, -0.1) is 0 Å². The molecule has 0 aliphatic carbocycles. The summed E-state index contributed by atoms with van der Waals surface area (Å²) in [5.74, 6) is -0.670. The zero-order valence-electron chi connectivity index (χ0n) is 15.8. The van der Waals surface area contributed by atoms with E-state index >= 15 is 0 Å². The number of nitrogens with one attached hydrogen (secondary N) is 2. The Kier molecular flexibility index (Phi) is 5.76. The average Bonchev–Trinajstić information content (AvgIpc) is 2.66. The van der Waals surface area contributed by atoms with Gasteiger partial charge in [-0.05, 0) is 62.2 Å². The second kappa shape index (κ2) is 8.23. The fourth-order valence-corrected chi connectivity index (χ4v) is 3.11. The zero-order chi connectivity index (χ0) is 20.3. The summed E-state index contributed by atoms with van der Waals surface area (Å²) < 4.78 is 0. The lowest BCUT2D eigenvalue weighted by Gasteiger charge is -2.13. The molecule has 28 heavy (non-hydrogen) atoms. The molecule has 0 aliphatic rings. The van der Waals surface area contributed by atoms with Crippen LogP contribution in [0, 0.1) is 20.8 Å². The van der Waals surface area contributed by atoms with Crippen LogP contribution in [0.25, 0.3) is 0 Å². The van der Waals surface area contributed by atoms with E-state index in [1.165, 1.54) is 18.5 Å². The van der Waals surface area contributed by atoms with Crippen LogP contribution < -0.4 is 10.6 Å². The van der Waals surface area contributed by atoms with Crippen LogP contribution in [0.1, 0.15) is 37.4 Å². The predicted molar refractivity (Wildman–Crippen MR) is 112 cm³/mol. The molecule has 6 heteroatoms. The first-order valence-corrected chi connectivity index (χ1v) is 9.12. The summed E-state index contributed by atoms with van der Waals surface area (Å²) in [6.45, 7) is 5.91. The molecule has 2 aromatic carbocycles. The summed E-state index contributed by atoms with van der Waals surface area (Å²) in [5.41, 5.74) is 5.08. The van der Waals surface area contributed by atoms with Gasteiger partial charge >= 0.3 is 0 Å². The third kappa shape index (κ3) is 4.56. The zero-order valence-corrected chi connectivity index (χ0v) is 16.6. The minimum Gasteiger partial charge on any atom is -0.322 e. The molecule has 0 atom stereocenters. The first-order valence-electron chi connectivity index (χ1n) is 8.74. The van der Waals surface area contributed by atoms with E-state index in [9.17, 15) is 9.59 Å². The highest BCUT2D eigenvalue weighted by Crippen LogP contribution is 2.23. The highest BCUT2D eigenvalue weighted by atomic mass is 35.5. The van der Waals surface area contributed by atoms with Crippen LogP contribution in [0.5, 0.6) is 0 Å². The van der Waals surface area contributed by atoms with Gasteiger partial charge in [-0.1, -0.05) is 29.3 Å². The third-order valence-corrected chi connectivity index (χ3v) is 4.53. The van der Waals surface area contributed by atoms with E-state index in [1.54, 1.807) is 24.3 Å². The Morgan fingerprint density at radius 2 is 1.36 bits per heavy atom. The Balaban J connectivity index is 1.78. The van der Waals surface area contributed by atoms with Crippen molar-refractivity contribution in [1.82, 2.24) is 4.98 Å². The second-order valence-electron chi connectivity index (χ2n) is 6.65. The van der Waals surface area contributed by atoms with E-state index in [0.717, 1.165) is 22.4 Å². The molecule has 0 spiro atoms. The van der Waals surface area contributed by atoms with Crippen LogP contribution in [0.15, 0.2) is 54.9 Å². The lowest BCUT2D eigenvalue weighted by Crippen LogP contribution is -2.17. The fourth-order valence-electron chi connectivity index (χ4n) is 2.99. The highest BCUT2D eigenvalue weighted by molar-refractivity contribution is 6.30. The maximum absolute atomic E-state index is 12.7. The molecule has 142 valence electrons. The SMILES string of the molecule is Cc1cc(C)c(NC(=O)c2cncc(C(=O)Nc3ccc(Cl)cc3)c2)c(C)c1. The molecule has 2 amide bonds. The Morgan fingerprint density at radius 3 is 1.93 bits per heavy atom. The second-order valence-corrected chi connectivity index (χ2v) is 7.09. The van der Waals surface area contributed by atoms with Gasteiger partial charge in [0, 0.05) is 28.8 Å². The van der Waals surface area contributed by atoms with Crippen molar-refractivity contribution in [3.05, 3.63) is 87.7 Å². The third-order valence-electron chi connectivity index (χ3n) is 4.28. The number of benzene rings is 2. The highest BCUT2D eigenvalue weighted by Gasteiger charge is 2.14. The number of carbonyl (C=O) groups is 2. The molecular weight excluding hydrogens is 374 g/mol. The van der Waals surface area contributed by atoms with Crippen molar-refractivity contribution in [2.75, 3.05) is 10.6 Å². The Labute approximate surface area is 168 Å². The van der Waals surface area contributed by atoms with Gasteiger partial charge in [-0.2, -0.15) is 0 Å². The minimum absolute atomic E-state index is 0.292. The minimum atomic E-state index is -0.354. The van der Waals surface area contributed by atoms with Crippen molar-refractivity contribution in [1.29, 1.82) is 0 Å². The van der Waals surface area contributed by atoms with E-state index in [2.05, 4.69) is 15.6 Å². The molecule has 0 fully saturated rings.